The third-order valence-corrected chi connectivity index (χ3v) is 4.73. The van der Waals surface area contributed by atoms with E-state index in [4.69, 9.17) is 0 Å². The van der Waals surface area contributed by atoms with Crippen LogP contribution in [0.2, 0.25) is 0 Å². The second kappa shape index (κ2) is 7.74. The molecule has 1 N–H and O–H groups in total. The first-order chi connectivity index (χ1) is 10.1. The number of allylic oxidation sites excluding steroid dienone is 2. The van der Waals surface area contributed by atoms with Gasteiger partial charge in [0.1, 0.15) is 5.76 Å². The molecule has 4 heteroatoms. The molecule has 4 nitrogen and oxygen atoms in total. The standard InChI is InChI=1S/C17H28N2O2/c1-19(2)9-8-18-12-15-16(20)10-14(11-17(15)21)13-6-4-3-5-7-13/h12-14,20H,3-11H2,1-2H3. The van der Waals surface area contributed by atoms with Gasteiger partial charge in [-0.1, -0.05) is 32.1 Å². The van der Waals surface area contributed by atoms with Crippen LogP contribution in [0.15, 0.2) is 16.3 Å². The van der Waals surface area contributed by atoms with E-state index in [-0.39, 0.29) is 11.5 Å². The molecule has 0 spiro atoms. The van der Waals surface area contributed by atoms with Gasteiger partial charge in [-0.15, -0.1) is 0 Å². The van der Waals surface area contributed by atoms with E-state index in [1.807, 2.05) is 19.0 Å². The van der Waals surface area contributed by atoms with E-state index < -0.39 is 0 Å². The summed E-state index contributed by atoms with van der Waals surface area (Å²) in [5, 5.41) is 10.2. The van der Waals surface area contributed by atoms with E-state index >= 15 is 0 Å². The summed E-state index contributed by atoms with van der Waals surface area (Å²) in [5.41, 5.74) is 0.445. The molecule has 1 saturated carbocycles. The molecule has 1 unspecified atom stereocenters. The van der Waals surface area contributed by atoms with Crippen LogP contribution in [-0.4, -0.2) is 49.2 Å². The van der Waals surface area contributed by atoms with Crippen LogP contribution in [0.1, 0.15) is 44.9 Å². The summed E-state index contributed by atoms with van der Waals surface area (Å²) in [6, 6.07) is 0. The van der Waals surface area contributed by atoms with Crippen molar-refractivity contribution in [3.63, 3.8) is 0 Å². The molecule has 0 aliphatic heterocycles. The highest BCUT2D eigenvalue weighted by molar-refractivity contribution is 6.14. The lowest BCUT2D eigenvalue weighted by atomic mass is 9.73. The van der Waals surface area contributed by atoms with Gasteiger partial charge in [-0.05, 0) is 25.9 Å². The van der Waals surface area contributed by atoms with E-state index in [2.05, 4.69) is 4.99 Å². The molecule has 2 aliphatic carbocycles. The molecule has 1 atom stereocenters. The number of aliphatic hydroxyl groups excluding tert-OH is 1. The minimum absolute atomic E-state index is 0.0722. The Bertz CT molecular complexity index is 421. The Hall–Kier alpha value is -1.16. The third kappa shape index (κ3) is 4.67. The van der Waals surface area contributed by atoms with Gasteiger partial charge in [0.2, 0.25) is 0 Å². The molecule has 0 aromatic carbocycles. The summed E-state index contributed by atoms with van der Waals surface area (Å²) in [5.74, 6) is 1.30. The number of nitrogens with zero attached hydrogens (tertiary/aromatic N) is 2. The van der Waals surface area contributed by atoms with Crippen LogP contribution in [0.25, 0.3) is 0 Å². The number of aliphatic hydroxyl groups is 1. The molecule has 0 bridgehead atoms. The van der Waals surface area contributed by atoms with Crippen LogP contribution in [-0.2, 0) is 4.79 Å². The summed E-state index contributed by atoms with van der Waals surface area (Å²) in [7, 11) is 3.99. The summed E-state index contributed by atoms with van der Waals surface area (Å²) < 4.78 is 0. The first-order valence-corrected chi connectivity index (χ1v) is 8.17. The zero-order valence-corrected chi connectivity index (χ0v) is 13.3. The second-order valence-electron chi connectivity index (χ2n) is 6.69. The zero-order chi connectivity index (χ0) is 15.2. The van der Waals surface area contributed by atoms with Crippen LogP contribution in [0.3, 0.4) is 0 Å². The minimum atomic E-state index is 0.0722. The summed E-state index contributed by atoms with van der Waals surface area (Å²) in [4.78, 5) is 18.6. The Morgan fingerprint density at radius 3 is 2.52 bits per heavy atom. The van der Waals surface area contributed by atoms with Gasteiger partial charge < -0.3 is 10.0 Å². The van der Waals surface area contributed by atoms with Gasteiger partial charge in [0, 0.05) is 25.6 Å². The number of Topliss-reactive ketones (excluding diaryl/α,β-unsaturated/α-hetero) is 1. The number of carbonyl (C=O) groups is 1. The highest BCUT2D eigenvalue weighted by Crippen LogP contribution is 2.38. The lowest BCUT2D eigenvalue weighted by Crippen LogP contribution is -2.27. The van der Waals surface area contributed by atoms with Gasteiger partial charge in [-0.25, -0.2) is 0 Å². The normalized spacial score (nSPS) is 25.3. The van der Waals surface area contributed by atoms with Crippen molar-refractivity contribution in [2.24, 2.45) is 16.8 Å². The maximum atomic E-state index is 12.3. The number of hydrogen-bond acceptors (Lipinski definition) is 4. The number of aliphatic imine (C=N–C) groups is 1. The largest absolute Gasteiger partial charge is 0.511 e. The van der Waals surface area contributed by atoms with Crippen molar-refractivity contribution >= 4 is 12.0 Å². The molecule has 2 rings (SSSR count). The number of rotatable bonds is 5. The van der Waals surface area contributed by atoms with Crippen LogP contribution in [0.5, 0.6) is 0 Å². The van der Waals surface area contributed by atoms with Gasteiger partial charge in [0.15, 0.2) is 5.78 Å². The van der Waals surface area contributed by atoms with E-state index in [9.17, 15) is 9.90 Å². The first kappa shape index (κ1) is 16.2. The number of carbonyl (C=O) groups excluding carboxylic acids is 1. The third-order valence-electron chi connectivity index (χ3n) is 4.73. The SMILES string of the molecule is CN(C)CCN=CC1=C(O)CC(C2CCCCC2)CC1=O. The predicted molar refractivity (Wildman–Crippen MR) is 85.9 cm³/mol. The highest BCUT2D eigenvalue weighted by Gasteiger charge is 2.32. The van der Waals surface area contributed by atoms with Crippen molar-refractivity contribution in [2.45, 2.75) is 44.9 Å². The molecule has 21 heavy (non-hydrogen) atoms. The molecule has 1 fully saturated rings. The summed E-state index contributed by atoms with van der Waals surface area (Å²) in [6.45, 7) is 1.51. The molecular formula is C17H28N2O2. The summed E-state index contributed by atoms with van der Waals surface area (Å²) >= 11 is 0. The number of ketones is 1. The fraction of sp³-hybridized carbons (Fsp3) is 0.765. The van der Waals surface area contributed by atoms with Crippen molar-refractivity contribution < 1.29 is 9.90 Å². The average molecular weight is 292 g/mol. The molecule has 0 amide bonds. The van der Waals surface area contributed by atoms with E-state index in [0.717, 1.165) is 6.54 Å². The van der Waals surface area contributed by atoms with Crippen molar-refractivity contribution in [3.8, 4) is 0 Å². The maximum absolute atomic E-state index is 12.3. The van der Waals surface area contributed by atoms with Crippen LogP contribution in [0.4, 0.5) is 0 Å². The fourth-order valence-electron chi connectivity index (χ4n) is 3.44. The molecule has 0 radical (unpaired) electrons. The van der Waals surface area contributed by atoms with Crippen molar-refractivity contribution in [1.82, 2.24) is 4.90 Å². The Labute approximate surface area is 127 Å². The predicted octanol–water partition coefficient (Wildman–Crippen LogP) is 2.99. The van der Waals surface area contributed by atoms with Crippen molar-refractivity contribution in [1.29, 1.82) is 0 Å². The first-order valence-electron chi connectivity index (χ1n) is 8.17. The average Bonchev–Trinajstić information content (AvgIpc) is 2.46. The van der Waals surface area contributed by atoms with Crippen molar-refractivity contribution in [3.05, 3.63) is 11.3 Å². The second-order valence-corrected chi connectivity index (χ2v) is 6.69. The number of likely N-dealkylation sites (N-methyl/N-ethyl adjacent to an activating group) is 1. The number of hydrogen-bond donors (Lipinski definition) is 1. The molecule has 0 aromatic rings. The minimum Gasteiger partial charge on any atom is -0.511 e. The Morgan fingerprint density at radius 2 is 1.90 bits per heavy atom. The molecule has 0 saturated heterocycles. The van der Waals surface area contributed by atoms with Crippen LogP contribution in [0, 0.1) is 11.8 Å². The lowest BCUT2D eigenvalue weighted by molar-refractivity contribution is -0.117. The maximum Gasteiger partial charge on any atom is 0.168 e. The van der Waals surface area contributed by atoms with Gasteiger partial charge in [0.05, 0.1) is 12.1 Å². The van der Waals surface area contributed by atoms with Crippen LogP contribution >= 0.6 is 0 Å². The zero-order valence-electron chi connectivity index (χ0n) is 13.3. The van der Waals surface area contributed by atoms with E-state index in [1.54, 1.807) is 6.21 Å². The molecule has 118 valence electrons. The topological polar surface area (TPSA) is 52.9 Å². The van der Waals surface area contributed by atoms with E-state index in [0.29, 0.717) is 36.8 Å². The molecular weight excluding hydrogens is 264 g/mol. The Morgan fingerprint density at radius 1 is 1.19 bits per heavy atom. The Kier molecular flexibility index (Phi) is 5.97. The summed E-state index contributed by atoms with van der Waals surface area (Å²) in [6.07, 6.45) is 9.14. The van der Waals surface area contributed by atoms with Crippen molar-refractivity contribution in [2.75, 3.05) is 27.2 Å². The van der Waals surface area contributed by atoms with Gasteiger partial charge >= 0.3 is 0 Å². The molecule has 2 aliphatic rings. The van der Waals surface area contributed by atoms with Gasteiger partial charge in [-0.3, -0.25) is 9.79 Å². The molecule has 0 aromatic heterocycles. The Balaban J connectivity index is 1.94. The molecule has 0 heterocycles. The fourth-order valence-corrected chi connectivity index (χ4v) is 3.44. The van der Waals surface area contributed by atoms with Gasteiger partial charge in [0.25, 0.3) is 0 Å². The smallest absolute Gasteiger partial charge is 0.168 e. The van der Waals surface area contributed by atoms with E-state index in [1.165, 1.54) is 32.1 Å². The quantitative estimate of drug-likeness (QED) is 0.793. The highest BCUT2D eigenvalue weighted by atomic mass is 16.3. The monoisotopic (exact) mass is 292 g/mol. The lowest BCUT2D eigenvalue weighted by Gasteiger charge is -2.32. The van der Waals surface area contributed by atoms with Gasteiger partial charge in [-0.2, -0.15) is 0 Å². The van der Waals surface area contributed by atoms with Crippen LogP contribution < -0.4 is 0 Å².